The first-order valence-corrected chi connectivity index (χ1v) is 10.1. The van der Waals surface area contributed by atoms with E-state index in [0.29, 0.717) is 56.0 Å². The number of nitrogens with zero attached hydrogens (tertiary/aromatic N) is 1. The van der Waals surface area contributed by atoms with Gasteiger partial charge in [-0.25, -0.2) is 8.42 Å². The third kappa shape index (κ3) is 4.88. The van der Waals surface area contributed by atoms with Gasteiger partial charge in [0.2, 0.25) is 10.0 Å². The van der Waals surface area contributed by atoms with Crippen LogP contribution < -0.4 is 9.47 Å². The number of morpholine rings is 1. The van der Waals surface area contributed by atoms with Crippen molar-refractivity contribution in [3.05, 3.63) is 53.6 Å². The summed E-state index contributed by atoms with van der Waals surface area (Å²) in [7, 11) is -3.48. The fraction of sp³-hybridized carbons (Fsp3) is 0.333. The topological polar surface area (TPSA) is 65.1 Å². The molecule has 0 N–H and O–H groups in total. The Bertz CT molecular complexity index is 802. The smallest absolute Gasteiger partial charge is 0.243 e. The van der Waals surface area contributed by atoms with Crippen molar-refractivity contribution in [1.82, 2.24) is 4.31 Å². The number of hydrogen-bond acceptors (Lipinski definition) is 5. The van der Waals surface area contributed by atoms with Crippen LogP contribution in [0.5, 0.6) is 11.5 Å². The van der Waals surface area contributed by atoms with Crippen molar-refractivity contribution in [3.63, 3.8) is 0 Å². The molecule has 0 amide bonds. The molecule has 1 aliphatic heterocycles. The molecule has 1 saturated heterocycles. The quantitative estimate of drug-likeness (QED) is 0.672. The second-order valence-electron chi connectivity index (χ2n) is 5.64. The number of benzene rings is 2. The summed E-state index contributed by atoms with van der Waals surface area (Å²) in [6.07, 6.45) is 0. The van der Waals surface area contributed by atoms with Gasteiger partial charge in [-0.2, -0.15) is 4.31 Å². The lowest BCUT2D eigenvalue weighted by Gasteiger charge is -2.26. The zero-order valence-corrected chi connectivity index (χ0v) is 15.7. The van der Waals surface area contributed by atoms with E-state index < -0.39 is 10.0 Å². The Hall–Kier alpha value is -1.80. The minimum atomic E-state index is -3.48. The van der Waals surface area contributed by atoms with Gasteiger partial charge in [-0.05, 0) is 48.5 Å². The van der Waals surface area contributed by atoms with Crippen LogP contribution in [-0.2, 0) is 14.8 Å². The molecule has 2 aromatic carbocycles. The van der Waals surface area contributed by atoms with Gasteiger partial charge in [0.05, 0.1) is 18.1 Å². The number of hydrogen-bond donors (Lipinski definition) is 0. The minimum Gasteiger partial charge on any atom is -0.490 e. The van der Waals surface area contributed by atoms with Crippen molar-refractivity contribution < 1.29 is 22.6 Å². The van der Waals surface area contributed by atoms with Gasteiger partial charge in [0.15, 0.2) is 0 Å². The van der Waals surface area contributed by atoms with E-state index in [4.69, 9.17) is 25.8 Å². The molecular formula is C18H20ClNO5S. The Morgan fingerprint density at radius 2 is 1.38 bits per heavy atom. The predicted molar refractivity (Wildman–Crippen MR) is 98.5 cm³/mol. The van der Waals surface area contributed by atoms with Gasteiger partial charge in [0, 0.05) is 18.1 Å². The molecule has 1 fully saturated rings. The Labute approximate surface area is 158 Å². The molecule has 6 nitrogen and oxygen atoms in total. The highest BCUT2D eigenvalue weighted by Crippen LogP contribution is 2.20. The summed E-state index contributed by atoms with van der Waals surface area (Å²) in [4.78, 5) is 0.254. The summed E-state index contributed by atoms with van der Waals surface area (Å²) < 4.78 is 42.8. The Morgan fingerprint density at radius 3 is 1.92 bits per heavy atom. The summed E-state index contributed by atoms with van der Waals surface area (Å²) in [6, 6.07) is 13.5. The van der Waals surface area contributed by atoms with E-state index in [1.165, 1.54) is 4.31 Å². The van der Waals surface area contributed by atoms with Gasteiger partial charge < -0.3 is 14.2 Å². The number of rotatable bonds is 7. The lowest BCUT2D eigenvalue weighted by atomic mass is 10.3. The van der Waals surface area contributed by atoms with Crippen LogP contribution in [0.25, 0.3) is 0 Å². The van der Waals surface area contributed by atoms with Gasteiger partial charge in [-0.1, -0.05) is 11.6 Å². The van der Waals surface area contributed by atoms with Crippen LogP contribution in [-0.4, -0.2) is 52.2 Å². The van der Waals surface area contributed by atoms with Crippen molar-refractivity contribution in [2.75, 3.05) is 39.5 Å². The lowest BCUT2D eigenvalue weighted by molar-refractivity contribution is 0.0730. The van der Waals surface area contributed by atoms with Crippen molar-refractivity contribution in [1.29, 1.82) is 0 Å². The first-order valence-electron chi connectivity index (χ1n) is 8.25. The summed E-state index contributed by atoms with van der Waals surface area (Å²) in [5.74, 6) is 1.30. The van der Waals surface area contributed by atoms with Gasteiger partial charge in [0.25, 0.3) is 0 Å². The van der Waals surface area contributed by atoms with Crippen LogP contribution in [0.2, 0.25) is 5.02 Å². The third-order valence-electron chi connectivity index (χ3n) is 3.87. The predicted octanol–water partition coefficient (Wildman–Crippen LogP) is 2.82. The molecule has 26 heavy (non-hydrogen) atoms. The second kappa shape index (κ2) is 8.73. The zero-order chi connectivity index (χ0) is 18.4. The molecule has 3 rings (SSSR count). The molecule has 2 aromatic rings. The van der Waals surface area contributed by atoms with Gasteiger partial charge in [0.1, 0.15) is 24.7 Å². The summed E-state index contributed by atoms with van der Waals surface area (Å²) in [5, 5.41) is 0.653. The van der Waals surface area contributed by atoms with Crippen molar-refractivity contribution in [2.24, 2.45) is 0 Å². The van der Waals surface area contributed by atoms with E-state index in [1.54, 1.807) is 48.5 Å². The minimum absolute atomic E-state index is 0.254. The van der Waals surface area contributed by atoms with Crippen molar-refractivity contribution in [2.45, 2.75) is 4.90 Å². The monoisotopic (exact) mass is 397 g/mol. The van der Waals surface area contributed by atoms with Gasteiger partial charge in [-0.15, -0.1) is 0 Å². The molecule has 0 atom stereocenters. The molecule has 0 aliphatic carbocycles. The maximum Gasteiger partial charge on any atom is 0.243 e. The van der Waals surface area contributed by atoms with E-state index in [1.807, 2.05) is 0 Å². The number of halogens is 1. The second-order valence-corrected chi connectivity index (χ2v) is 8.01. The van der Waals surface area contributed by atoms with E-state index in [-0.39, 0.29) is 4.90 Å². The standard InChI is InChI=1S/C18H20ClNO5S/c19-15-1-3-16(4-2-15)24-13-14-25-17-5-7-18(8-6-17)26(21,22)20-9-11-23-12-10-20/h1-8H,9-14H2. The first-order chi connectivity index (χ1) is 12.6. The Balaban J connectivity index is 1.50. The lowest BCUT2D eigenvalue weighted by Crippen LogP contribution is -2.40. The molecular weight excluding hydrogens is 378 g/mol. The summed E-state index contributed by atoms with van der Waals surface area (Å²) >= 11 is 5.82. The SMILES string of the molecule is O=S(=O)(c1ccc(OCCOc2ccc(Cl)cc2)cc1)N1CCOCC1. The van der Waals surface area contributed by atoms with Gasteiger partial charge >= 0.3 is 0 Å². The normalized spacial score (nSPS) is 15.6. The number of sulfonamides is 1. The van der Waals surface area contributed by atoms with Crippen LogP contribution in [0.4, 0.5) is 0 Å². The highest BCUT2D eigenvalue weighted by molar-refractivity contribution is 7.89. The molecule has 0 bridgehead atoms. The Morgan fingerprint density at radius 1 is 0.885 bits per heavy atom. The highest BCUT2D eigenvalue weighted by atomic mass is 35.5. The third-order valence-corrected chi connectivity index (χ3v) is 6.03. The fourth-order valence-corrected chi connectivity index (χ4v) is 4.03. The van der Waals surface area contributed by atoms with Crippen LogP contribution in [0.3, 0.4) is 0 Å². The zero-order valence-electron chi connectivity index (χ0n) is 14.1. The van der Waals surface area contributed by atoms with Gasteiger partial charge in [-0.3, -0.25) is 0 Å². The first kappa shape index (κ1) is 19.0. The molecule has 1 aliphatic rings. The van der Waals surface area contributed by atoms with E-state index >= 15 is 0 Å². The van der Waals surface area contributed by atoms with Crippen LogP contribution in [0.1, 0.15) is 0 Å². The van der Waals surface area contributed by atoms with E-state index in [2.05, 4.69) is 0 Å². The molecule has 0 aromatic heterocycles. The van der Waals surface area contributed by atoms with E-state index in [9.17, 15) is 8.42 Å². The van der Waals surface area contributed by atoms with Crippen LogP contribution in [0, 0.1) is 0 Å². The highest BCUT2D eigenvalue weighted by Gasteiger charge is 2.26. The van der Waals surface area contributed by atoms with Crippen molar-refractivity contribution >= 4 is 21.6 Å². The maximum absolute atomic E-state index is 12.5. The van der Waals surface area contributed by atoms with Crippen LogP contribution in [0.15, 0.2) is 53.4 Å². The van der Waals surface area contributed by atoms with E-state index in [0.717, 1.165) is 0 Å². The van der Waals surface area contributed by atoms with Crippen molar-refractivity contribution in [3.8, 4) is 11.5 Å². The largest absolute Gasteiger partial charge is 0.490 e. The average molecular weight is 398 g/mol. The summed E-state index contributed by atoms with van der Waals surface area (Å²) in [5.41, 5.74) is 0. The average Bonchev–Trinajstić information content (AvgIpc) is 2.68. The molecule has 0 radical (unpaired) electrons. The summed E-state index contributed by atoms with van der Waals surface area (Å²) in [6.45, 7) is 2.32. The molecule has 0 unspecified atom stereocenters. The maximum atomic E-state index is 12.5. The molecule has 0 saturated carbocycles. The number of ether oxygens (including phenoxy) is 3. The van der Waals surface area contributed by atoms with Crippen LogP contribution >= 0.6 is 11.6 Å². The molecule has 0 spiro atoms. The molecule has 140 valence electrons. The Kier molecular flexibility index (Phi) is 6.37. The fourth-order valence-electron chi connectivity index (χ4n) is 2.49. The molecule has 8 heteroatoms. The molecule has 1 heterocycles.